The molecule has 0 fully saturated rings. The van der Waals surface area contributed by atoms with Gasteiger partial charge in [-0.3, -0.25) is 10.3 Å². The Balaban J connectivity index is 3.06. The van der Waals surface area contributed by atoms with Crippen LogP contribution in [-0.2, 0) is 0 Å². The number of aliphatic imine (C=N–C) groups is 1. The molecule has 0 aliphatic carbocycles. The molecule has 4 N–H and O–H groups in total. The molecule has 0 aliphatic heterocycles. The predicted molar refractivity (Wildman–Crippen MR) is 97.2 cm³/mol. The van der Waals surface area contributed by atoms with Crippen LogP contribution in [0.1, 0.15) is 38.3 Å². The van der Waals surface area contributed by atoms with Crippen LogP contribution >= 0.6 is 0 Å². The molecule has 134 valence electrons. The fourth-order valence-corrected chi connectivity index (χ4v) is 2.19. The largest absolute Gasteiger partial charge is 0.493 e. The van der Waals surface area contributed by atoms with Crippen molar-refractivity contribution >= 4 is 17.7 Å². The number of nitrogens with zero attached hydrogens (tertiary/aromatic N) is 1. The van der Waals surface area contributed by atoms with E-state index in [-0.39, 0.29) is 5.96 Å². The van der Waals surface area contributed by atoms with Gasteiger partial charge in [-0.15, -0.1) is 0 Å². The highest BCUT2D eigenvalue weighted by Crippen LogP contribution is 2.36. The van der Waals surface area contributed by atoms with Gasteiger partial charge in [0, 0.05) is 23.7 Å². The van der Waals surface area contributed by atoms with Crippen molar-refractivity contribution in [2.45, 2.75) is 41.0 Å². The van der Waals surface area contributed by atoms with E-state index >= 15 is 0 Å². The molecule has 24 heavy (non-hydrogen) atoms. The maximum Gasteiger partial charge on any atom is 0.326 e. The summed E-state index contributed by atoms with van der Waals surface area (Å²) in [5.41, 5.74) is 7.98. The lowest BCUT2D eigenvalue weighted by Crippen LogP contribution is -2.40. The number of guanidine groups is 1. The predicted octanol–water partition coefficient (Wildman–Crippen LogP) is 2.95. The van der Waals surface area contributed by atoms with Crippen LogP contribution in [0.25, 0.3) is 0 Å². The Bertz CT molecular complexity index is 570. The van der Waals surface area contributed by atoms with Crippen LogP contribution in [-0.4, -0.2) is 31.7 Å². The zero-order valence-electron chi connectivity index (χ0n) is 15.2. The van der Waals surface area contributed by atoms with Gasteiger partial charge in [0.05, 0.1) is 18.9 Å². The number of ether oxygens (including phenoxy) is 2. The molecule has 7 nitrogen and oxygen atoms in total. The Kier molecular flexibility index (Phi) is 7.88. The fraction of sp³-hybridized carbons (Fsp3) is 0.529. The van der Waals surface area contributed by atoms with Crippen molar-refractivity contribution in [3.05, 3.63) is 17.2 Å². The second-order valence-corrected chi connectivity index (χ2v) is 5.21. The number of hydrogen-bond acceptors (Lipinski definition) is 4. The number of amides is 2. The monoisotopic (exact) mass is 336 g/mol. The molecule has 1 aromatic rings. The van der Waals surface area contributed by atoms with Gasteiger partial charge >= 0.3 is 6.03 Å². The number of carbonyl (C=O) groups is 1. The van der Waals surface area contributed by atoms with Crippen molar-refractivity contribution in [2.75, 3.05) is 25.1 Å². The third-order valence-corrected chi connectivity index (χ3v) is 3.34. The molecule has 0 saturated heterocycles. The van der Waals surface area contributed by atoms with Crippen LogP contribution in [0.3, 0.4) is 0 Å². The Morgan fingerprint density at radius 3 is 2.12 bits per heavy atom. The van der Waals surface area contributed by atoms with Gasteiger partial charge in [-0.05, 0) is 34.1 Å². The van der Waals surface area contributed by atoms with E-state index < -0.39 is 6.03 Å². The van der Waals surface area contributed by atoms with Crippen LogP contribution in [0.5, 0.6) is 11.5 Å². The number of carbonyl (C=O) groups excluding carboxylic acids is 1. The van der Waals surface area contributed by atoms with Crippen LogP contribution in [0.4, 0.5) is 10.5 Å². The highest BCUT2D eigenvalue weighted by molar-refractivity contribution is 6.02. The van der Waals surface area contributed by atoms with E-state index in [1.165, 1.54) is 0 Å². The van der Waals surface area contributed by atoms with Crippen molar-refractivity contribution in [3.8, 4) is 11.5 Å². The molecule has 0 saturated carbocycles. The minimum absolute atomic E-state index is 0.0932. The summed E-state index contributed by atoms with van der Waals surface area (Å²) in [7, 11) is 0. The minimum atomic E-state index is -0.449. The maximum absolute atomic E-state index is 12.2. The molecule has 1 rings (SSSR count). The van der Waals surface area contributed by atoms with Gasteiger partial charge in [0.1, 0.15) is 11.5 Å². The minimum Gasteiger partial charge on any atom is -0.493 e. The van der Waals surface area contributed by atoms with Gasteiger partial charge < -0.3 is 20.5 Å². The van der Waals surface area contributed by atoms with Crippen molar-refractivity contribution in [1.82, 2.24) is 5.32 Å². The summed E-state index contributed by atoms with van der Waals surface area (Å²) < 4.78 is 11.3. The smallest absolute Gasteiger partial charge is 0.326 e. The van der Waals surface area contributed by atoms with Gasteiger partial charge in [-0.25, -0.2) is 4.79 Å². The molecule has 0 bridgehead atoms. The molecule has 0 atom stereocenters. The number of urea groups is 1. The highest BCUT2D eigenvalue weighted by atomic mass is 16.5. The van der Waals surface area contributed by atoms with Crippen molar-refractivity contribution in [3.63, 3.8) is 0 Å². The molecular formula is C17H28N4O3. The third-order valence-electron chi connectivity index (χ3n) is 3.34. The molecule has 7 heteroatoms. The molecule has 0 radical (unpaired) electrons. The molecule has 0 spiro atoms. The average molecular weight is 336 g/mol. The van der Waals surface area contributed by atoms with Crippen LogP contribution in [0.15, 0.2) is 11.1 Å². The number of rotatable bonds is 7. The summed E-state index contributed by atoms with van der Waals surface area (Å²) in [5, 5.41) is 5.33. The third kappa shape index (κ3) is 5.33. The molecule has 2 amide bonds. The average Bonchev–Trinajstić information content (AvgIpc) is 2.54. The number of anilines is 1. The van der Waals surface area contributed by atoms with E-state index in [1.807, 2.05) is 40.7 Å². The second-order valence-electron chi connectivity index (χ2n) is 5.21. The standard InChI is InChI=1S/C17H28N4O3/c1-6-9-19-16(18)21-17(22)20-15-11(4)13(23-7-2)10-14(12(15)5)24-8-3/h10H,6-9H2,1-5H3,(H4,18,19,20,21,22). The van der Waals surface area contributed by atoms with Gasteiger partial charge in [0.15, 0.2) is 5.96 Å². The number of nitrogens with two attached hydrogens (primary N) is 1. The first kappa shape index (κ1) is 19.6. The summed E-state index contributed by atoms with van der Waals surface area (Å²) in [6, 6.07) is 1.40. The van der Waals surface area contributed by atoms with Crippen molar-refractivity contribution in [1.29, 1.82) is 0 Å². The zero-order chi connectivity index (χ0) is 18.1. The van der Waals surface area contributed by atoms with E-state index in [2.05, 4.69) is 15.6 Å². The Morgan fingerprint density at radius 1 is 1.12 bits per heavy atom. The normalized spacial score (nSPS) is 11.1. The van der Waals surface area contributed by atoms with E-state index in [4.69, 9.17) is 15.2 Å². The topological polar surface area (TPSA) is 98.0 Å². The summed E-state index contributed by atoms with van der Waals surface area (Å²) in [5.74, 6) is 1.44. The van der Waals surface area contributed by atoms with E-state index in [9.17, 15) is 4.79 Å². The molecule has 1 aromatic carbocycles. The zero-order valence-corrected chi connectivity index (χ0v) is 15.2. The number of nitrogens with one attached hydrogen (secondary N) is 2. The van der Waals surface area contributed by atoms with Gasteiger partial charge in [0.25, 0.3) is 0 Å². The Morgan fingerprint density at radius 2 is 1.67 bits per heavy atom. The Labute approximate surface area is 143 Å². The number of hydrogen-bond donors (Lipinski definition) is 3. The maximum atomic E-state index is 12.2. The van der Waals surface area contributed by atoms with E-state index in [0.717, 1.165) is 17.5 Å². The summed E-state index contributed by atoms with van der Waals surface area (Å²) >= 11 is 0. The molecule has 0 unspecified atom stereocenters. The summed E-state index contributed by atoms with van der Waals surface area (Å²) in [6.45, 7) is 11.2. The highest BCUT2D eigenvalue weighted by Gasteiger charge is 2.16. The van der Waals surface area contributed by atoms with Crippen molar-refractivity contribution < 1.29 is 14.3 Å². The first-order valence-electron chi connectivity index (χ1n) is 8.22. The van der Waals surface area contributed by atoms with Crippen LogP contribution in [0, 0.1) is 13.8 Å². The van der Waals surface area contributed by atoms with Crippen LogP contribution in [0.2, 0.25) is 0 Å². The quantitative estimate of drug-likeness (QED) is 0.526. The molecule has 0 heterocycles. The fourth-order valence-electron chi connectivity index (χ4n) is 2.19. The Hall–Kier alpha value is -2.44. The van der Waals surface area contributed by atoms with Crippen molar-refractivity contribution in [2.24, 2.45) is 10.7 Å². The molecule has 0 aliphatic rings. The van der Waals surface area contributed by atoms with Gasteiger partial charge in [-0.1, -0.05) is 6.92 Å². The molecule has 0 aromatic heterocycles. The van der Waals surface area contributed by atoms with Gasteiger partial charge in [0.2, 0.25) is 0 Å². The lowest BCUT2D eigenvalue weighted by molar-refractivity contribution is 0.256. The van der Waals surface area contributed by atoms with E-state index in [1.54, 1.807) is 0 Å². The number of benzene rings is 1. The SMILES string of the molecule is CCCN=C(N)NC(=O)Nc1c(C)c(OCC)cc(OCC)c1C. The first-order chi connectivity index (χ1) is 11.4. The first-order valence-corrected chi connectivity index (χ1v) is 8.22. The summed E-state index contributed by atoms with van der Waals surface area (Å²) in [4.78, 5) is 16.2. The van der Waals surface area contributed by atoms with E-state index in [0.29, 0.717) is 36.9 Å². The molecular weight excluding hydrogens is 308 g/mol. The lowest BCUT2D eigenvalue weighted by Gasteiger charge is -2.19. The summed E-state index contributed by atoms with van der Waals surface area (Å²) in [6.07, 6.45) is 0.857. The van der Waals surface area contributed by atoms with Gasteiger partial charge in [-0.2, -0.15) is 0 Å². The second kappa shape index (κ2) is 9.64. The van der Waals surface area contributed by atoms with Crippen LogP contribution < -0.4 is 25.8 Å². The lowest BCUT2D eigenvalue weighted by atomic mass is 10.1.